The molecule has 0 saturated carbocycles. The lowest BCUT2D eigenvalue weighted by Gasteiger charge is -2.08. The van der Waals surface area contributed by atoms with Gasteiger partial charge in [-0.25, -0.2) is 0 Å². The first kappa shape index (κ1) is 13.1. The van der Waals surface area contributed by atoms with Crippen LogP contribution < -0.4 is 4.74 Å². The summed E-state index contributed by atoms with van der Waals surface area (Å²) < 4.78 is 5.58. The fraction of sp³-hybridized carbons (Fsp3) is 0.188. The summed E-state index contributed by atoms with van der Waals surface area (Å²) in [5, 5.41) is 9.69. The highest BCUT2D eigenvalue weighted by molar-refractivity contribution is 5.96. The molecule has 0 bridgehead atoms. The molecule has 2 rings (SSSR count). The molecule has 0 amide bonds. The van der Waals surface area contributed by atoms with Gasteiger partial charge < -0.3 is 9.84 Å². The van der Waals surface area contributed by atoms with Gasteiger partial charge in [-0.05, 0) is 31.5 Å². The normalized spacial score (nSPS) is 10.2. The lowest BCUT2D eigenvalue weighted by Crippen LogP contribution is -1.97. The van der Waals surface area contributed by atoms with Crippen molar-refractivity contribution in [1.29, 1.82) is 0 Å². The lowest BCUT2D eigenvalue weighted by molar-refractivity contribution is 0.101. The lowest BCUT2D eigenvalue weighted by atomic mass is 10.1. The Balaban J connectivity index is 2.06. The van der Waals surface area contributed by atoms with E-state index in [1.54, 1.807) is 12.1 Å². The molecule has 0 spiro atoms. The molecule has 2 aromatic rings. The zero-order valence-corrected chi connectivity index (χ0v) is 11.0. The van der Waals surface area contributed by atoms with Crippen LogP contribution in [0.15, 0.2) is 42.5 Å². The fourth-order valence-electron chi connectivity index (χ4n) is 1.75. The molecular formula is C16H16O3. The Labute approximate surface area is 112 Å². The summed E-state index contributed by atoms with van der Waals surface area (Å²) in [7, 11) is 0. The van der Waals surface area contributed by atoms with E-state index in [2.05, 4.69) is 0 Å². The predicted molar refractivity (Wildman–Crippen MR) is 73.6 cm³/mol. The average Bonchev–Trinajstić information content (AvgIpc) is 2.37. The van der Waals surface area contributed by atoms with Crippen molar-refractivity contribution < 1.29 is 14.6 Å². The van der Waals surface area contributed by atoms with Gasteiger partial charge >= 0.3 is 0 Å². The van der Waals surface area contributed by atoms with Crippen molar-refractivity contribution in [2.24, 2.45) is 0 Å². The minimum absolute atomic E-state index is 0.0473. The average molecular weight is 256 g/mol. The van der Waals surface area contributed by atoms with Gasteiger partial charge in [0, 0.05) is 6.07 Å². The minimum atomic E-state index is -0.164. The summed E-state index contributed by atoms with van der Waals surface area (Å²) in [4.78, 5) is 11.2. The summed E-state index contributed by atoms with van der Waals surface area (Å²) in [5.74, 6) is 0.333. The standard InChI is InChI=1S/C16H16O3/c1-11-3-5-13(6-4-11)10-19-14-7-8-15(12(2)17)16(18)9-14/h3-9,18H,10H2,1-2H3. The second-order valence-electron chi connectivity index (χ2n) is 4.51. The van der Waals surface area contributed by atoms with E-state index in [4.69, 9.17) is 4.74 Å². The highest BCUT2D eigenvalue weighted by Gasteiger charge is 2.07. The number of carbonyl (C=O) groups excluding carboxylic acids is 1. The quantitative estimate of drug-likeness (QED) is 0.852. The highest BCUT2D eigenvalue weighted by Crippen LogP contribution is 2.24. The number of carbonyl (C=O) groups is 1. The van der Waals surface area contributed by atoms with Crippen LogP contribution in [0.5, 0.6) is 11.5 Å². The van der Waals surface area contributed by atoms with Crippen molar-refractivity contribution in [2.45, 2.75) is 20.5 Å². The Bertz CT molecular complexity index is 585. The first-order valence-corrected chi connectivity index (χ1v) is 6.08. The summed E-state index contributed by atoms with van der Waals surface area (Å²) >= 11 is 0. The summed E-state index contributed by atoms with van der Waals surface area (Å²) in [6.07, 6.45) is 0. The third kappa shape index (κ3) is 3.35. The predicted octanol–water partition coefficient (Wildman–Crippen LogP) is 3.48. The molecule has 0 saturated heterocycles. The van der Waals surface area contributed by atoms with Gasteiger partial charge in [0.2, 0.25) is 0 Å². The molecule has 3 nitrogen and oxygen atoms in total. The molecule has 3 heteroatoms. The largest absolute Gasteiger partial charge is 0.507 e. The van der Waals surface area contributed by atoms with Crippen LogP contribution in [0.4, 0.5) is 0 Å². The van der Waals surface area contributed by atoms with Crippen molar-refractivity contribution in [3.05, 3.63) is 59.2 Å². The van der Waals surface area contributed by atoms with Crippen LogP contribution in [0.25, 0.3) is 0 Å². The molecule has 19 heavy (non-hydrogen) atoms. The molecule has 0 fully saturated rings. The summed E-state index contributed by atoms with van der Waals surface area (Å²) in [5.41, 5.74) is 2.57. The molecular weight excluding hydrogens is 240 g/mol. The molecule has 1 N–H and O–H groups in total. The van der Waals surface area contributed by atoms with Crippen LogP contribution in [-0.2, 0) is 6.61 Å². The van der Waals surface area contributed by atoms with Gasteiger partial charge in [-0.15, -0.1) is 0 Å². The van der Waals surface area contributed by atoms with Gasteiger partial charge in [-0.1, -0.05) is 29.8 Å². The Hall–Kier alpha value is -2.29. The van der Waals surface area contributed by atoms with Crippen molar-refractivity contribution >= 4 is 5.78 Å². The number of ether oxygens (including phenoxy) is 1. The van der Waals surface area contributed by atoms with E-state index in [1.807, 2.05) is 31.2 Å². The maximum absolute atomic E-state index is 11.2. The zero-order chi connectivity index (χ0) is 13.8. The number of ketones is 1. The molecule has 2 aromatic carbocycles. The van der Waals surface area contributed by atoms with Gasteiger partial charge in [0.1, 0.15) is 18.1 Å². The van der Waals surface area contributed by atoms with E-state index >= 15 is 0 Å². The number of aryl methyl sites for hydroxylation is 1. The molecule has 0 aliphatic heterocycles. The first-order chi connectivity index (χ1) is 9.06. The van der Waals surface area contributed by atoms with E-state index < -0.39 is 0 Å². The number of rotatable bonds is 4. The first-order valence-electron chi connectivity index (χ1n) is 6.08. The van der Waals surface area contributed by atoms with Crippen molar-refractivity contribution in [2.75, 3.05) is 0 Å². The third-order valence-electron chi connectivity index (χ3n) is 2.87. The SMILES string of the molecule is CC(=O)c1ccc(OCc2ccc(C)cc2)cc1O. The Morgan fingerprint density at radius 1 is 1.16 bits per heavy atom. The third-order valence-corrected chi connectivity index (χ3v) is 2.87. The van der Waals surface area contributed by atoms with Crippen molar-refractivity contribution in [1.82, 2.24) is 0 Å². The molecule has 0 heterocycles. The van der Waals surface area contributed by atoms with Crippen molar-refractivity contribution in [3.63, 3.8) is 0 Å². The van der Waals surface area contributed by atoms with E-state index in [1.165, 1.54) is 18.6 Å². The van der Waals surface area contributed by atoms with Gasteiger partial charge in [0.05, 0.1) is 5.56 Å². The number of Topliss-reactive ketones (excluding diaryl/α,β-unsaturated/α-hetero) is 1. The Morgan fingerprint density at radius 3 is 2.42 bits per heavy atom. The zero-order valence-electron chi connectivity index (χ0n) is 11.0. The van der Waals surface area contributed by atoms with Crippen LogP contribution >= 0.6 is 0 Å². The number of phenolic OH excluding ortho intramolecular Hbond substituents is 1. The summed E-state index contributed by atoms with van der Waals surface area (Å²) in [6.45, 7) is 3.88. The second-order valence-corrected chi connectivity index (χ2v) is 4.51. The molecule has 0 aliphatic rings. The Morgan fingerprint density at radius 2 is 1.84 bits per heavy atom. The Kier molecular flexibility index (Phi) is 3.85. The molecule has 0 radical (unpaired) electrons. The maximum atomic E-state index is 11.2. The smallest absolute Gasteiger partial charge is 0.163 e. The molecule has 0 aromatic heterocycles. The summed E-state index contributed by atoms with van der Waals surface area (Å²) in [6, 6.07) is 12.8. The highest BCUT2D eigenvalue weighted by atomic mass is 16.5. The number of benzene rings is 2. The van der Waals surface area contributed by atoms with Gasteiger partial charge in [0.15, 0.2) is 5.78 Å². The van der Waals surface area contributed by atoms with Crippen LogP contribution in [0, 0.1) is 6.92 Å². The number of hydrogen-bond acceptors (Lipinski definition) is 3. The van der Waals surface area contributed by atoms with Crippen LogP contribution in [0.1, 0.15) is 28.4 Å². The molecule has 0 aliphatic carbocycles. The van der Waals surface area contributed by atoms with E-state index in [0.29, 0.717) is 17.9 Å². The van der Waals surface area contributed by atoms with Gasteiger partial charge in [-0.2, -0.15) is 0 Å². The monoisotopic (exact) mass is 256 g/mol. The maximum Gasteiger partial charge on any atom is 0.163 e. The number of phenols is 1. The molecule has 0 unspecified atom stereocenters. The van der Waals surface area contributed by atoms with E-state index in [9.17, 15) is 9.90 Å². The van der Waals surface area contributed by atoms with Crippen LogP contribution in [0.2, 0.25) is 0 Å². The number of hydrogen-bond donors (Lipinski definition) is 1. The van der Waals surface area contributed by atoms with Crippen molar-refractivity contribution in [3.8, 4) is 11.5 Å². The van der Waals surface area contributed by atoms with Gasteiger partial charge in [-0.3, -0.25) is 4.79 Å². The minimum Gasteiger partial charge on any atom is -0.507 e. The van der Waals surface area contributed by atoms with Gasteiger partial charge in [0.25, 0.3) is 0 Å². The fourth-order valence-corrected chi connectivity index (χ4v) is 1.75. The molecule has 0 atom stereocenters. The topological polar surface area (TPSA) is 46.5 Å². The van der Waals surface area contributed by atoms with E-state index in [0.717, 1.165) is 5.56 Å². The van der Waals surface area contributed by atoms with Crippen LogP contribution in [0.3, 0.4) is 0 Å². The molecule has 98 valence electrons. The van der Waals surface area contributed by atoms with Crippen LogP contribution in [-0.4, -0.2) is 10.9 Å². The number of aromatic hydroxyl groups is 1. The second kappa shape index (κ2) is 5.57. The van der Waals surface area contributed by atoms with E-state index in [-0.39, 0.29) is 11.5 Å².